The first-order valence-electron chi connectivity index (χ1n) is 7.62. The van der Waals surface area contributed by atoms with Gasteiger partial charge in [0.25, 0.3) is 0 Å². The smallest absolute Gasteiger partial charge is 0.245 e. The Hall–Kier alpha value is -2.67. The lowest BCUT2D eigenvalue weighted by Crippen LogP contribution is -2.37. The van der Waals surface area contributed by atoms with Gasteiger partial charge in [-0.3, -0.25) is 13.9 Å². The van der Waals surface area contributed by atoms with E-state index in [1.54, 1.807) is 18.2 Å². The van der Waals surface area contributed by atoms with E-state index in [-0.39, 0.29) is 12.3 Å². The van der Waals surface area contributed by atoms with Crippen molar-refractivity contribution >= 4 is 33.1 Å². The van der Waals surface area contributed by atoms with Gasteiger partial charge in [-0.2, -0.15) is 0 Å². The van der Waals surface area contributed by atoms with Crippen LogP contribution in [-0.2, 0) is 14.8 Å². The zero-order chi connectivity index (χ0) is 18.6. The summed E-state index contributed by atoms with van der Waals surface area (Å²) in [5, 5.41) is 2.69. The van der Waals surface area contributed by atoms with Crippen LogP contribution in [0.4, 0.5) is 11.4 Å². The Balaban J connectivity index is 2.20. The van der Waals surface area contributed by atoms with Gasteiger partial charge in [0.15, 0.2) is 5.78 Å². The average molecular weight is 360 g/mol. The molecular formula is C18H20N2O4S. The molecule has 1 N–H and O–H groups in total. The summed E-state index contributed by atoms with van der Waals surface area (Å²) in [5.41, 5.74) is 2.39. The van der Waals surface area contributed by atoms with Crippen LogP contribution in [0.25, 0.3) is 0 Å². The van der Waals surface area contributed by atoms with E-state index in [0.29, 0.717) is 16.9 Å². The number of Topliss-reactive ketones (excluding diaryl/α,β-unsaturated/α-hetero) is 1. The SMILES string of the molecule is CC(=O)c1ccc(N(CC(=O)Nc2cccc(C)c2)S(C)(=O)=O)cc1. The fourth-order valence-corrected chi connectivity index (χ4v) is 3.17. The maximum Gasteiger partial charge on any atom is 0.245 e. The molecule has 0 radical (unpaired) electrons. The second kappa shape index (κ2) is 7.48. The predicted octanol–water partition coefficient (Wildman–Crippen LogP) is 2.60. The van der Waals surface area contributed by atoms with E-state index in [1.165, 1.54) is 31.2 Å². The third-order valence-corrected chi connectivity index (χ3v) is 4.69. The minimum atomic E-state index is -3.66. The molecule has 6 nitrogen and oxygen atoms in total. The van der Waals surface area contributed by atoms with E-state index in [1.807, 2.05) is 13.0 Å². The summed E-state index contributed by atoms with van der Waals surface area (Å²) in [6.07, 6.45) is 1.03. The number of aryl methyl sites for hydroxylation is 1. The number of carbonyl (C=O) groups excluding carboxylic acids is 2. The molecule has 0 heterocycles. The Kier molecular flexibility index (Phi) is 5.58. The van der Waals surface area contributed by atoms with Crippen LogP contribution in [0.3, 0.4) is 0 Å². The fraction of sp³-hybridized carbons (Fsp3) is 0.222. The molecule has 2 rings (SSSR count). The van der Waals surface area contributed by atoms with Crippen molar-refractivity contribution in [1.29, 1.82) is 0 Å². The number of carbonyl (C=O) groups is 2. The van der Waals surface area contributed by atoms with Crippen molar-refractivity contribution in [3.8, 4) is 0 Å². The van der Waals surface area contributed by atoms with Crippen molar-refractivity contribution in [2.24, 2.45) is 0 Å². The molecule has 0 spiro atoms. The minimum Gasteiger partial charge on any atom is -0.325 e. The molecule has 0 aromatic heterocycles. The number of hydrogen-bond acceptors (Lipinski definition) is 4. The van der Waals surface area contributed by atoms with E-state index >= 15 is 0 Å². The number of rotatable bonds is 6. The van der Waals surface area contributed by atoms with Crippen LogP contribution in [0.1, 0.15) is 22.8 Å². The van der Waals surface area contributed by atoms with E-state index in [4.69, 9.17) is 0 Å². The number of amides is 1. The third kappa shape index (κ3) is 5.15. The molecule has 1 amide bonds. The molecule has 0 aliphatic carbocycles. The summed E-state index contributed by atoms with van der Waals surface area (Å²) in [6.45, 7) is 2.97. The number of ketones is 1. The zero-order valence-electron chi connectivity index (χ0n) is 14.3. The first kappa shape index (κ1) is 18.7. The Labute approximate surface area is 147 Å². The van der Waals surface area contributed by atoms with Crippen LogP contribution < -0.4 is 9.62 Å². The molecular weight excluding hydrogens is 340 g/mol. The second-order valence-electron chi connectivity index (χ2n) is 5.79. The Morgan fingerprint density at radius 3 is 2.24 bits per heavy atom. The minimum absolute atomic E-state index is 0.116. The molecule has 0 unspecified atom stereocenters. The lowest BCUT2D eigenvalue weighted by Gasteiger charge is -2.22. The number of anilines is 2. The second-order valence-corrected chi connectivity index (χ2v) is 7.70. The van der Waals surface area contributed by atoms with Crippen molar-refractivity contribution in [1.82, 2.24) is 0 Å². The van der Waals surface area contributed by atoms with Gasteiger partial charge in [-0.25, -0.2) is 8.42 Å². The van der Waals surface area contributed by atoms with Crippen LogP contribution in [-0.4, -0.2) is 32.9 Å². The largest absolute Gasteiger partial charge is 0.325 e. The van der Waals surface area contributed by atoms with Crippen LogP contribution in [0.2, 0.25) is 0 Å². The van der Waals surface area contributed by atoms with Gasteiger partial charge in [0.05, 0.1) is 11.9 Å². The number of nitrogens with one attached hydrogen (secondary N) is 1. The first-order chi connectivity index (χ1) is 11.7. The molecule has 132 valence electrons. The summed E-state index contributed by atoms with van der Waals surface area (Å²) in [6, 6.07) is 13.3. The molecule has 0 saturated carbocycles. The normalized spacial score (nSPS) is 11.0. The summed E-state index contributed by atoms with van der Waals surface area (Å²) in [7, 11) is -3.66. The van der Waals surface area contributed by atoms with Crippen molar-refractivity contribution in [2.45, 2.75) is 13.8 Å². The molecule has 0 atom stereocenters. The molecule has 0 saturated heterocycles. The lowest BCUT2D eigenvalue weighted by molar-refractivity contribution is -0.114. The highest BCUT2D eigenvalue weighted by Crippen LogP contribution is 2.19. The van der Waals surface area contributed by atoms with Gasteiger partial charge in [-0.15, -0.1) is 0 Å². The molecule has 7 heteroatoms. The predicted molar refractivity (Wildman–Crippen MR) is 98.4 cm³/mol. The van der Waals surface area contributed by atoms with E-state index < -0.39 is 15.9 Å². The Morgan fingerprint density at radius 2 is 1.72 bits per heavy atom. The van der Waals surface area contributed by atoms with E-state index in [9.17, 15) is 18.0 Å². The Morgan fingerprint density at radius 1 is 1.08 bits per heavy atom. The molecule has 0 aliphatic heterocycles. The van der Waals surface area contributed by atoms with E-state index in [2.05, 4.69) is 5.32 Å². The Bertz CT molecular complexity index is 890. The van der Waals surface area contributed by atoms with Gasteiger partial charge in [0.2, 0.25) is 15.9 Å². The summed E-state index contributed by atoms with van der Waals surface area (Å²) in [5.74, 6) is -0.568. The summed E-state index contributed by atoms with van der Waals surface area (Å²) < 4.78 is 25.1. The molecule has 2 aromatic carbocycles. The van der Waals surface area contributed by atoms with Crippen molar-refractivity contribution in [3.05, 3.63) is 59.7 Å². The summed E-state index contributed by atoms with van der Waals surface area (Å²) >= 11 is 0. The number of hydrogen-bond donors (Lipinski definition) is 1. The number of nitrogens with zero attached hydrogens (tertiary/aromatic N) is 1. The quantitative estimate of drug-likeness (QED) is 0.803. The fourth-order valence-electron chi connectivity index (χ4n) is 2.32. The molecule has 0 aliphatic rings. The maximum atomic E-state index is 12.3. The maximum absolute atomic E-state index is 12.3. The van der Waals surface area contributed by atoms with Crippen LogP contribution in [0, 0.1) is 6.92 Å². The zero-order valence-corrected chi connectivity index (χ0v) is 15.1. The highest BCUT2D eigenvalue weighted by atomic mass is 32.2. The van der Waals surface area contributed by atoms with Gasteiger partial charge in [0.1, 0.15) is 6.54 Å². The van der Waals surface area contributed by atoms with Gasteiger partial charge < -0.3 is 5.32 Å². The van der Waals surface area contributed by atoms with Crippen molar-refractivity contribution in [2.75, 3.05) is 22.4 Å². The van der Waals surface area contributed by atoms with Gasteiger partial charge in [0, 0.05) is 11.3 Å². The van der Waals surface area contributed by atoms with Gasteiger partial charge >= 0.3 is 0 Å². The summed E-state index contributed by atoms with van der Waals surface area (Å²) in [4.78, 5) is 23.6. The van der Waals surface area contributed by atoms with Gasteiger partial charge in [-0.1, -0.05) is 12.1 Å². The van der Waals surface area contributed by atoms with E-state index in [0.717, 1.165) is 16.1 Å². The number of sulfonamides is 1. The number of benzene rings is 2. The highest BCUT2D eigenvalue weighted by molar-refractivity contribution is 7.92. The molecule has 0 fully saturated rings. The third-order valence-electron chi connectivity index (χ3n) is 3.55. The monoisotopic (exact) mass is 360 g/mol. The lowest BCUT2D eigenvalue weighted by atomic mass is 10.1. The highest BCUT2D eigenvalue weighted by Gasteiger charge is 2.21. The molecule has 25 heavy (non-hydrogen) atoms. The molecule has 2 aromatic rings. The molecule has 0 bridgehead atoms. The van der Waals surface area contributed by atoms with Crippen molar-refractivity contribution in [3.63, 3.8) is 0 Å². The van der Waals surface area contributed by atoms with Crippen LogP contribution in [0.5, 0.6) is 0 Å². The topological polar surface area (TPSA) is 83.6 Å². The van der Waals surface area contributed by atoms with Crippen LogP contribution >= 0.6 is 0 Å². The van der Waals surface area contributed by atoms with Crippen LogP contribution in [0.15, 0.2) is 48.5 Å². The van der Waals surface area contributed by atoms with Gasteiger partial charge in [-0.05, 0) is 55.8 Å². The average Bonchev–Trinajstić information content (AvgIpc) is 2.51. The first-order valence-corrected chi connectivity index (χ1v) is 9.47. The standard InChI is InChI=1S/C18H20N2O4S/c1-13-5-4-6-16(11-13)19-18(22)12-20(25(3,23)24)17-9-7-15(8-10-17)14(2)21/h4-11H,12H2,1-3H3,(H,19,22). The van der Waals surface area contributed by atoms with Crippen molar-refractivity contribution < 1.29 is 18.0 Å².